The average Bonchev–Trinajstić information content (AvgIpc) is 2.59. The third-order valence-electron chi connectivity index (χ3n) is 3.19. The first kappa shape index (κ1) is 18.5. The summed E-state index contributed by atoms with van der Waals surface area (Å²) < 4.78 is 10.8. The number of halogens is 1. The average molecular weight is 364 g/mol. The normalized spacial score (nSPS) is 10.7. The molecule has 0 heterocycles. The molecular formula is C17H18ClN3O4. The van der Waals surface area contributed by atoms with E-state index in [0.717, 1.165) is 6.42 Å². The molecule has 0 aromatic heterocycles. The SMILES string of the molecule is CCCOc1cc(C=NNc2cccc(Cl)c2)c([N+](=O)[O-])cc1OC. The van der Waals surface area contributed by atoms with E-state index >= 15 is 0 Å². The van der Waals surface area contributed by atoms with E-state index in [4.69, 9.17) is 21.1 Å². The molecule has 0 amide bonds. The predicted molar refractivity (Wildman–Crippen MR) is 98.1 cm³/mol. The fourth-order valence-corrected chi connectivity index (χ4v) is 2.24. The van der Waals surface area contributed by atoms with Crippen molar-refractivity contribution in [3.05, 3.63) is 57.1 Å². The Morgan fingerprint density at radius 1 is 1.32 bits per heavy atom. The van der Waals surface area contributed by atoms with Crippen LogP contribution in [-0.2, 0) is 0 Å². The van der Waals surface area contributed by atoms with Crippen molar-refractivity contribution < 1.29 is 14.4 Å². The quantitative estimate of drug-likeness (QED) is 0.424. The van der Waals surface area contributed by atoms with Gasteiger partial charge in [0, 0.05) is 5.02 Å². The largest absolute Gasteiger partial charge is 0.493 e. The number of anilines is 1. The summed E-state index contributed by atoms with van der Waals surface area (Å²) in [4.78, 5) is 10.8. The molecule has 1 N–H and O–H groups in total. The Labute approximate surface area is 150 Å². The lowest BCUT2D eigenvalue weighted by Crippen LogP contribution is -2.02. The van der Waals surface area contributed by atoms with Crippen LogP contribution in [0.3, 0.4) is 0 Å². The van der Waals surface area contributed by atoms with Gasteiger partial charge in [0.1, 0.15) is 0 Å². The van der Waals surface area contributed by atoms with Crippen LogP contribution in [0.5, 0.6) is 11.5 Å². The van der Waals surface area contributed by atoms with Crippen LogP contribution < -0.4 is 14.9 Å². The summed E-state index contributed by atoms with van der Waals surface area (Å²) in [6.45, 7) is 2.45. The molecule has 0 aliphatic heterocycles. The molecule has 0 fully saturated rings. The van der Waals surface area contributed by atoms with Crippen LogP contribution in [0.1, 0.15) is 18.9 Å². The Morgan fingerprint density at radius 3 is 2.76 bits per heavy atom. The number of rotatable bonds is 8. The van der Waals surface area contributed by atoms with E-state index in [1.54, 1.807) is 24.3 Å². The number of nitro benzene ring substituents is 1. The fraction of sp³-hybridized carbons (Fsp3) is 0.235. The lowest BCUT2D eigenvalue weighted by molar-refractivity contribution is -0.385. The number of nitrogens with one attached hydrogen (secondary N) is 1. The van der Waals surface area contributed by atoms with E-state index in [-0.39, 0.29) is 5.69 Å². The van der Waals surface area contributed by atoms with E-state index in [0.29, 0.717) is 34.4 Å². The van der Waals surface area contributed by atoms with Gasteiger partial charge in [-0.3, -0.25) is 15.5 Å². The van der Waals surface area contributed by atoms with Gasteiger partial charge >= 0.3 is 0 Å². The molecule has 0 aliphatic carbocycles. The van der Waals surface area contributed by atoms with Gasteiger partial charge in [-0.1, -0.05) is 24.6 Å². The molecule has 2 aromatic carbocycles. The van der Waals surface area contributed by atoms with E-state index in [2.05, 4.69) is 10.5 Å². The first-order chi connectivity index (χ1) is 12.0. The van der Waals surface area contributed by atoms with E-state index < -0.39 is 4.92 Å². The molecule has 2 aromatic rings. The molecule has 7 nitrogen and oxygen atoms in total. The molecule has 2 rings (SSSR count). The summed E-state index contributed by atoms with van der Waals surface area (Å²) >= 11 is 5.90. The topological polar surface area (TPSA) is 86.0 Å². The first-order valence-electron chi connectivity index (χ1n) is 7.59. The molecule has 0 aliphatic rings. The lowest BCUT2D eigenvalue weighted by atomic mass is 10.1. The molecule has 132 valence electrons. The van der Waals surface area contributed by atoms with Crippen LogP contribution >= 0.6 is 11.6 Å². The standard InChI is InChI=1S/C17H18ClN3O4/c1-3-7-25-17-8-12(15(21(22)23)10-16(17)24-2)11-19-20-14-6-4-5-13(18)9-14/h4-6,8-11,20H,3,7H2,1-2H3. The second-order valence-corrected chi connectivity index (χ2v) is 5.48. The van der Waals surface area contributed by atoms with Gasteiger partial charge in [-0.2, -0.15) is 5.10 Å². The number of hydrazone groups is 1. The second-order valence-electron chi connectivity index (χ2n) is 5.05. The van der Waals surface area contributed by atoms with Crippen molar-refractivity contribution in [2.45, 2.75) is 13.3 Å². The number of benzene rings is 2. The molecule has 0 radical (unpaired) electrons. The summed E-state index contributed by atoms with van der Waals surface area (Å²) in [5, 5.41) is 15.9. The van der Waals surface area contributed by atoms with Crippen molar-refractivity contribution in [3.63, 3.8) is 0 Å². The van der Waals surface area contributed by atoms with Gasteiger partial charge < -0.3 is 9.47 Å². The Hall–Kier alpha value is -2.80. The van der Waals surface area contributed by atoms with Gasteiger partial charge in [0.05, 0.1) is 42.2 Å². The van der Waals surface area contributed by atoms with Crippen molar-refractivity contribution >= 4 is 29.2 Å². The third kappa shape index (κ3) is 5.09. The fourth-order valence-electron chi connectivity index (χ4n) is 2.05. The Balaban J connectivity index is 2.30. The van der Waals surface area contributed by atoms with Gasteiger partial charge in [0.15, 0.2) is 11.5 Å². The number of hydrogen-bond donors (Lipinski definition) is 1. The molecule has 8 heteroatoms. The number of hydrogen-bond acceptors (Lipinski definition) is 6. The Kier molecular flexibility index (Phi) is 6.59. The van der Waals surface area contributed by atoms with Crippen LogP contribution in [-0.4, -0.2) is 24.9 Å². The summed E-state index contributed by atoms with van der Waals surface area (Å²) in [6, 6.07) is 9.84. The van der Waals surface area contributed by atoms with Crippen LogP contribution in [0.25, 0.3) is 0 Å². The highest BCUT2D eigenvalue weighted by atomic mass is 35.5. The second kappa shape index (κ2) is 8.89. The summed E-state index contributed by atoms with van der Waals surface area (Å²) in [6.07, 6.45) is 2.16. The third-order valence-corrected chi connectivity index (χ3v) is 3.43. The van der Waals surface area contributed by atoms with E-state index in [9.17, 15) is 10.1 Å². The van der Waals surface area contributed by atoms with Crippen molar-refractivity contribution in [2.24, 2.45) is 5.10 Å². The lowest BCUT2D eigenvalue weighted by Gasteiger charge is -2.11. The maximum absolute atomic E-state index is 11.3. The maximum atomic E-state index is 11.3. The smallest absolute Gasteiger partial charge is 0.282 e. The van der Waals surface area contributed by atoms with Gasteiger partial charge in [0.2, 0.25) is 0 Å². The van der Waals surface area contributed by atoms with Crippen LogP contribution in [0.15, 0.2) is 41.5 Å². The minimum atomic E-state index is -0.493. The molecule has 25 heavy (non-hydrogen) atoms. The van der Waals surface area contributed by atoms with Crippen molar-refractivity contribution in [1.82, 2.24) is 0 Å². The van der Waals surface area contributed by atoms with Gasteiger partial charge in [0.25, 0.3) is 5.69 Å². The summed E-state index contributed by atoms with van der Waals surface area (Å²) in [5.74, 6) is 0.735. The van der Waals surface area contributed by atoms with E-state index in [1.165, 1.54) is 25.5 Å². The van der Waals surface area contributed by atoms with Crippen LogP contribution in [0.2, 0.25) is 5.02 Å². The first-order valence-corrected chi connectivity index (χ1v) is 7.96. The minimum absolute atomic E-state index is 0.127. The van der Waals surface area contributed by atoms with Crippen molar-refractivity contribution in [2.75, 3.05) is 19.1 Å². The summed E-state index contributed by atoms with van der Waals surface area (Å²) in [5.41, 5.74) is 3.62. The number of methoxy groups -OCH3 is 1. The maximum Gasteiger partial charge on any atom is 0.282 e. The van der Waals surface area contributed by atoms with Crippen molar-refractivity contribution in [1.29, 1.82) is 0 Å². The van der Waals surface area contributed by atoms with E-state index in [1.807, 2.05) is 6.92 Å². The number of nitro groups is 1. The van der Waals surface area contributed by atoms with Crippen molar-refractivity contribution in [3.8, 4) is 11.5 Å². The van der Waals surface area contributed by atoms with Crippen LogP contribution in [0, 0.1) is 10.1 Å². The highest BCUT2D eigenvalue weighted by molar-refractivity contribution is 6.30. The summed E-state index contributed by atoms with van der Waals surface area (Å²) in [7, 11) is 1.44. The molecular weight excluding hydrogens is 346 g/mol. The molecule has 0 bridgehead atoms. The van der Waals surface area contributed by atoms with Gasteiger partial charge in [-0.05, 0) is 30.7 Å². The Bertz CT molecular complexity index is 780. The molecule has 0 atom stereocenters. The van der Waals surface area contributed by atoms with Crippen LogP contribution in [0.4, 0.5) is 11.4 Å². The molecule has 0 saturated carbocycles. The van der Waals surface area contributed by atoms with Gasteiger partial charge in [-0.25, -0.2) is 0 Å². The Morgan fingerprint density at radius 2 is 2.12 bits per heavy atom. The highest BCUT2D eigenvalue weighted by Gasteiger charge is 2.18. The highest BCUT2D eigenvalue weighted by Crippen LogP contribution is 2.34. The zero-order valence-corrected chi connectivity index (χ0v) is 14.6. The molecule has 0 spiro atoms. The number of ether oxygens (including phenoxy) is 2. The van der Waals surface area contributed by atoms with Gasteiger partial charge in [-0.15, -0.1) is 0 Å². The molecule has 0 unspecified atom stereocenters. The zero-order chi connectivity index (χ0) is 18.2. The number of nitrogens with zero attached hydrogens (tertiary/aromatic N) is 2. The predicted octanol–water partition coefficient (Wildman–Crippen LogP) is 4.49. The minimum Gasteiger partial charge on any atom is -0.493 e. The zero-order valence-electron chi connectivity index (χ0n) is 13.9. The molecule has 0 saturated heterocycles. The monoisotopic (exact) mass is 363 g/mol.